The van der Waals surface area contributed by atoms with Gasteiger partial charge < -0.3 is 15.5 Å². The minimum Gasteiger partial charge on any atom is -0.396 e. The first kappa shape index (κ1) is 29.2. The van der Waals surface area contributed by atoms with E-state index in [0.29, 0.717) is 30.1 Å². The summed E-state index contributed by atoms with van der Waals surface area (Å²) in [6, 6.07) is 8.38. The molecule has 0 spiro atoms. The Bertz CT molecular complexity index is 1460. The fraction of sp³-hybridized carbons (Fsp3) is 0.433. The molecule has 0 radical (unpaired) electrons. The van der Waals surface area contributed by atoms with Crippen LogP contribution >= 0.6 is 11.3 Å². The molecule has 2 amide bonds. The first-order chi connectivity index (χ1) is 19.4. The molecule has 1 aromatic heterocycles. The molecule has 0 aliphatic heterocycles. The van der Waals surface area contributed by atoms with Gasteiger partial charge in [-0.15, -0.1) is 11.3 Å². The van der Waals surface area contributed by atoms with E-state index in [1.54, 1.807) is 0 Å². The van der Waals surface area contributed by atoms with Gasteiger partial charge in [-0.3, -0.25) is 14.9 Å². The van der Waals surface area contributed by atoms with Crippen LogP contribution in [0.5, 0.6) is 0 Å². The second-order valence-electron chi connectivity index (χ2n) is 11.6. The van der Waals surface area contributed by atoms with E-state index in [-0.39, 0.29) is 42.5 Å². The van der Waals surface area contributed by atoms with Gasteiger partial charge in [-0.25, -0.2) is 18.2 Å². The van der Waals surface area contributed by atoms with E-state index in [9.17, 15) is 33.0 Å². The number of anilines is 1. The molecular formula is C30H32F3N3O4S. The van der Waals surface area contributed by atoms with Gasteiger partial charge in [-0.1, -0.05) is 19.9 Å². The standard InChI is InChI=1S/C30H32F3N3O4S/c1-29-7-6-24(38)30(2,15-37)23(29)13-22-26(35-28(41-22)36-27(40)17-4-3-5-18(31)10-17)21(29)12-25(39)34-14-16-8-19(32)11-20(33)9-16/h3-5,8-11,21,23-24,37-38H,6-7,12-15H2,1-2H3,(H,34,39)(H,35,36,40). The van der Waals surface area contributed by atoms with Crippen molar-refractivity contribution in [2.75, 3.05) is 11.9 Å². The van der Waals surface area contributed by atoms with Crippen LogP contribution in [0.1, 0.15) is 65.5 Å². The molecule has 5 atom stereocenters. The number of aliphatic hydroxyl groups is 2. The smallest absolute Gasteiger partial charge is 0.257 e. The monoisotopic (exact) mass is 587 g/mol. The van der Waals surface area contributed by atoms with Crippen LogP contribution in [0.25, 0.3) is 0 Å². The van der Waals surface area contributed by atoms with Crippen molar-refractivity contribution in [1.82, 2.24) is 10.3 Å². The average molecular weight is 588 g/mol. The largest absolute Gasteiger partial charge is 0.396 e. The van der Waals surface area contributed by atoms with Crippen molar-refractivity contribution in [3.63, 3.8) is 0 Å². The summed E-state index contributed by atoms with van der Waals surface area (Å²) in [6.07, 6.45) is 0.797. The molecule has 1 fully saturated rings. The molecule has 5 rings (SSSR count). The summed E-state index contributed by atoms with van der Waals surface area (Å²) in [5, 5.41) is 27.1. The zero-order valence-electron chi connectivity index (χ0n) is 22.7. The third kappa shape index (κ3) is 5.62. The second kappa shape index (κ2) is 11.2. The predicted molar refractivity (Wildman–Crippen MR) is 148 cm³/mol. The summed E-state index contributed by atoms with van der Waals surface area (Å²) in [4.78, 5) is 31.6. The number of nitrogens with zero attached hydrogens (tertiary/aromatic N) is 1. The number of benzene rings is 2. The number of aliphatic hydroxyl groups excluding tert-OH is 2. The molecule has 4 N–H and O–H groups in total. The number of halogens is 3. The van der Waals surface area contributed by atoms with Gasteiger partial charge in [0, 0.05) is 40.8 Å². The van der Waals surface area contributed by atoms with Crippen molar-refractivity contribution >= 4 is 28.3 Å². The topological polar surface area (TPSA) is 112 Å². The highest BCUT2D eigenvalue weighted by atomic mass is 32.1. The second-order valence-corrected chi connectivity index (χ2v) is 12.7. The van der Waals surface area contributed by atoms with E-state index in [2.05, 4.69) is 10.6 Å². The fourth-order valence-corrected chi connectivity index (χ4v) is 7.73. The Morgan fingerprint density at radius 3 is 2.51 bits per heavy atom. The van der Waals surface area contributed by atoms with Gasteiger partial charge in [0.15, 0.2) is 5.13 Å². The minimum absolute atomic E-state index is 0.0103. The lowest BCUT2D eigenvalue weighted by Gasteiger charge is -2.58. The molecule has 2 aliphatic carbocycles. The first-order valence-corrected chi connectivity index (χ1v) is 14.3. The van der Waals surface area contributed by atoms with E-state index < -0.39 is 46.2 Å². The maximum atomic E-state index is 13.7. The highest BCUT2D eigenvalue weighted by molar-refractivity contribution is 7.15. The van der Waals surface area contributed by atoms with Crippen LogP contribution in [0, 0.1) is 34.2 Å². The SMILES string of the molecule is CC1(CO)C(O)CCC2(C)C(CC(=O)NCc3cc(F)cc(F)c3)c3nc(NC(=O)c4cccc(F)c4)sc3CC12. The quantitative estimate of drug-likeness (QED) is 0.313. The average Bonchev–Trinajstić information content (AvgIpc) is 3.32. The third-order valence-corrected chi connectivity index (χ3v) is 10.0. The Morgan fingerprint density at radius 2 is 1.83 bits per heavy atom. The molecule has 1 heterocycles. The summed E-state index contributed by atoms with van der Waals surface area (Å²) in [7, 11) is 0. The van der Waals surface area contributed by atoms with E-state index in [0.717, 1.165) is 29.1 Å². The van der Waals surface area contributed by atoms with E-state index >= 15 is 0 Å². The molecule has 218 valence electrons. The fourth-order valence-electron chi connectivity index (χ4n) is 6.67. The van der Waals surface area contributed by atoms with Gasteiger partial charge in [0.25, 0.3) is 5.91 Å². The van der Waals surface area contributed by atoms with Crippen molar-refractivity contribution in [1.29, 1.82) is 0 Å². The molecule has 0 saturated heterocycles. The van der Waals surface area contributed by atoms with Gasteiger partial charge in [-0.2, -0.15) is 0 Å². The number of aromatic nitrogens is 1. The summed E-state index contributed by atoms with van der Waals surface area (Å²) in [5.74, 6) is -3.49. The maximum absolute atomic E-state index is 13.7. The van der Waals surface area contributed by atoms with Crippen molar-refractivity contribution in [2.45, 2.75) is 58.1 Å². The molecule has 1 saturated carbocycles. The van der Waals surface area contributed by atoms with Crippen LogP contribution in [-0.2, 0) is 17.8 Å². The minimum atomic E-state index is -0.826. The van der Waals surface area contributed by atoms with Gasteiger partial charge in [0.1, 0.15) is 17.5 Å². The van der Waals surface area contributed by atoms with E-state index in [1.807, 2.05) is 13.8 Å². The Hall–Kier alpha value is -3.28. The lowest BCUT2D eigenvalue weighted by atomic mass is 9.47. The molecule has 5 unspecified atom stereocenters. The molecule has 11 heteroatoms. The van der Waals surface area contributed by atoms with E-state index in [1.165, 1.54) is 29.5 Å². The summed E-state index contributed by atoms with van der Waals surface area (Å²) < 4.78 is 40.9. The van der Waals surface area contributed by atoms with Crippen LogP contribution in [0.4, 0.5) is 18.3 Å². The molecule has 2 aromatic carbocycles. The number of amides is 2. The molecule has 7 nitrogen and oxygen atoms in total. The zero-order chi connectivity index (χ0) is 29.5. The lowest BCUT2D eigenvalue weighted by Crippen LogP contribution is -2.57. The first-order valence-electron chi connectivity index (χ1n) is 13.5. The number of carbonyl (C=O) groups is 2. The molecule has 41 heavy (non-hydrogen) atoms. The van der Waals surface area contributed by atoms with Crippen LogP contribution in [0.15, 0.2) is 42.5 Å². The van der Waals surface area contributed by atoms with Crippen LogP contribution < -0.4 is 10.6 Å². The molecule has 3 aromatic rings. The Labute approximate surface area is 239 Å². The predicted octanol–water partition coefficient (Wildman–Crippen LogP) is 4.93. The summed E-state index contributed by atoms with van der Waals surface area (Å²) in [5.41, 5.74) is -0.266. The number of rotatable bonds is 7. The van der Waals surface area contributed by atoms with Crippen LogP contribution in [0.2, 0.25) is 0 Å². The highest BCUT2D eigenvalue weighted by Gasteiger charge is 2.59. The maximum Gasteiger partial charge on any atom is 0.257 e. The summed E-state index contributed by atoms with van der Waals surface area (Å²) >= 11 is 1.26. The van der Waals surface area contributed by atoms with Gasteiger partial charge in [0.05, 0.1) is 18.4 Å². The Balaban J connectivity index is 1.45. The number of thiazole rings is 1. The Kier molecular flexibility index (Phi) is 7.97. The number of nitrogens with one attached hydrogen (secondary N) is 2. The lowest BCUT2D eigenvalue weighted by molar-refractivity contribution is -0.144. The molecular weight excluding hydrogens is 555 g/mol. The Morgan fingerprint density at radius 1 is 1.10 bits per heavy atom. The highest BCUT2D eigenvalue weighted by Crippen LogP contribution is 2.62. The van der Waals surface area contributed by atoms with Crippen molar-refractivity contribution < 1.29 is 33.0 Å². The van der Waals surface area contributed by atoms with Crippen LogP contribution in [-0.4, -0.2) is 39.7 Å². The number of hydrogen-bond donors (Lipinski definition) is 4. The third-order valence-electron chi connectivity index (χ3n) is 9.00. The zero-order valence-corrected chi connectivity index (χ0v) is 23.5. The van der Waals surface area contributed by atoms with Crippen molar-refractivity contribution in [2.24, 2.45) is 16.7 Å². The van der Waals surface area contributed by atoms with Gasteiger partial charge >= 0.3 is 0 Å². The van der Waals surface area contributed by atoms with Gasteiger partial charge in [-0.05, 0) is 66.5 Å². The number of fused-ring (bicyclic) bond motifs is 2. The molecule has 2 aliphatic rings. The number of carbonyl (C=O) groups excluding carboxylic acids is 2. The normalized spacial score (nSPS) is 27.0. The van der Waals surface area contributed by atoms with Gasteiger partial charge in [0.2, 0.25) is 5.91 Å². The van der Waals surface area contributed by atoms with Crippen molar-refractivity contribution in [3.05, 3.63) is 81.6 Å². The summed E-state index contributed by atoms with van der Waals surface area (Å²) in [6.45, 7) is 3.60. The number of hydrogen-bond acceptors (Lipinski definition) is 6. The molecule has 0 bridgehead atoms. The van der Waals surface area contributed by atoms with Crippen molar-refractivity contribution in [3.8, 4) is 0 Å². The van der Waals surface area contributed by atoms with Crippen LogP contribution in [0.3, 0.4) is 0 Å². The van der Waals surface area contributed by atoms with E-state index in [4.69, 9.17) is 4.98 Å².